The van der Waals surface area contributed by atoms with Crippen molar-refractivity contribution in [2.45, 2.75) is 26.3 Å². The van der Waals surface area contributed by atoms with E-state index in [0.717, 1.165) is 22.6 Å². The third-order valence-electron chi connectivity index (χ3n) is 3.47. The summed E-state index contributed by atoms with van der Waals surface area (Å²) in [6.07, 6.45) is 0.781. The van der Waals surface area contributed by atoms with Crippen molar-refractivity contribution in [3.05, 3.63) is 57.8 Å². The Bertz CT molecular complexity index is 661. The molecule has 1 amide bonds. The van der Waals surface area contributed by atoms with E-state index < -0.39 is 0 Å². The first-order valence-electron chi connectivity index (χ1n) is 6.63. The highest BCUT2D eigenvalue weighted by Crippen LogP contribution is 2.33. The smallest absolute Gasteiger partial charge is 0.240 e. The standard InChI is InChI=1S/C16H16N2OS/c1-11-5-3-6-13(9-11)15-10-14(16-7-4-8-20-16)17-18(15)12(2)19/h3-9,15H,10H2,1-2H3. The van der Waals surface area contributed by atoms with Crippen LogP contribution >= 0.6 is 11.3 Å². The first kappa shape index (κ1) is 13.1. The Morgan fingerprint density at radius 2 is 2.20 bits per heavy atom. The predicted octanol–water partition coefficient (Wildman–Crippen LogP) is 3.75. The number of aryl methyl sites for hydroxylation is 1. The Kier molecular flexibility index (Phi) is 3.40. The summed E-state index contributed by atoms with van der Waals surface area (Å²) in [7, 11) is 0. The average Bonchev–Trinajstić information content (AvgIpc) is 3.08. The molecule has 0 radical (unpaired) electrons. The highest BCUT2D eigenvalue weighted by molar-refractivity contribution is 7.12. The number of benzene rings is 1. The lowest BCUT2D eigenvalue weighted by Gasteiger charge is -2.20. The molecule has 1 aromatic heterocycles. The van der Waals surface area contributed by atoms with E-state index in [-0.39, 0.29) is 11.9 Å². The lowest BCUT2D eigenvalue weighted by molar-refractivity contribution is -0.130. The molecule has 1 atom stereocenters. The van der Waals surface area contributed by atoms with Gasteiger partial charge in [0, 0.05) is 13.3 Å². The topological polar surface area (TPSA) is 32.7 Å². The number of amides is 1. The van der Waals surface area contributed by atoms with Gasteiger partial charge >= 0.3 is 0 Å². The number of carbonyl (C=O) groups is 1. The summed E-state index contributed by atoms with van der Waals surface area (Å²) in [4.78, 5) is 13.0. The van der Waals surface area contributed by atoms with E-state index in [1.165, 1.54) is 5.56 Å². The van der Waals surface area contributed by atoms with Gasteiger partial charge in [0.1, 0.15) is 0 Å². The second-order valence-corrected chi connectivity index (χ2v) is 5.97. The Balaban J connectivity index is 1.95. The summed E-state index contributed by atoms with van der Waals surface area (Å²) in [6.45, 7) is 3.64. The van der Waals surface area contributed by atoms with Crippen LogP contribution in [0.3, 0.4) is 0 Å². The maximum Gasteiger partial charge on any atom is 0.240 e. The molecule has 0 fully saturated rings. The molecule has 1 unspecified atom stereocenters. The fraction of sp³-hybridized carbons (Fsp3) is 0.250. The maximum absolute atomic E-state index is 11.9. The zero-order chi connectivity index (χ0) is 14.1. The van der Waals surface area contributed by atoms with Gasteiger partial charge in [-0.25, -0.2) is 5.01 Å². The second kappa shape index (κ2) is 5.21. The van der Waals surface area contributed by atoms with Crippen LogP contribution in [0.15, 0.2) is 46.9 Å². The third kappa shape index (κ3) is 2.39. The zero-order valence-electron chi connectivity index (χ0n) is 11.5. The molecule has 2 aromatic rings. The van der Waals surface area contributed by atoms with Crippen LogP contribution in [0, 0.1) is 6.92 Å². The van der Waals surface area contributed by atoms with E-state index in [1.807, 2.05) is 17.5 Å². The van der Waals surface area contributed by atoms with Crippen molar-refractivity contribution in [2.24, 2.45) is 5.10 Å². The quantitative estimate of drug-likeness (QED) is 0.826. The predicted molar refractivity (Wildman–Crippen MR) is 81.9 cm³/mol. The fourth-order valence-electron chi connectivity index (χ4n) is 2.53. The van der Waals surface area contributed by atoms with Crippen LogP contribution in [0.5, 0.6) is 0 Å². The number of hydrogen-bond donors (Lipinski definition) is 0. The van der Waals surface area contributed by atoms with E-state index in [9.17, 15) is 4.79 Å². The minimum Gasteiger partial charge on any atom is -0.273 e. The Hall–Kier alpha value is -1.94. The molecule has 0 saturated heterocycles. The van der Waals surface area contributed by atoms with Gasteiger partial charge in [0.2, 0.25) is 5.91 Å². The van der Waals surface area contributed by atoms with Crippen LogP contribution in [0.4, 0.5) is 0 Å². The second-order valence-electron chi connectivity index (χ2n) is 5.02. The minimum absolute atomic E-state index is 0.0111. The van der Waals surface area contributed by atoms with Crippen LogP contribution < -0.4 is 0 Å². The number of nitrogens with zero attached hydrogens (tertiary/aromatic N) is 2. The van der Waals surface area contributed by atoms with Crippen LogP contribution in [0.25, 0.3) is 0 Å². The molecular weight excluding hydrogens is 268 g/mol. The van der Waals surface area contributed by atoms with Gasteiger partial charge in [-0.2, -0.15) is 5.10 Å². The number of carbonyl (C=O) groups excluding carboxylic acids is 1. The molecule has 4 heteroatoms. The van der Waals surface area contributed by atoms with Crippen LogP contribution in [-0.2, 0) is 4.79 Å². The van der Waals surface area contributed by atoms with Gasteiger partial charge in [0.25, 0.3) is 0 Å². The van der Waals surface area contributed by atoms with E-state index in [2.05, 4.69) is 36.3 Å². The van der Waals surface area contributed by atoms with Crippen LogP contribution in [0.2, 0.25) is 0 Å². The van der Waals surface area contributed by atoms with Crippen molar-refractivity contribution < 1.29 is 4.79 Å². The number of hydrogen-bond acceptors (Lipinski definition) is 3. The molecule has 1 aliphatic heterocycles. The summed E-state index contributed by atoms with van der Waals surface area (Å²) < 4.78 is 0. The molecule has 0 aliphatic carbocycles. The Morgan fingerprint density at radius 3 is 2.85 bits per heavy atom. The Morgan fingerprint density at radius 1 is 1.35 bits per heavy atom. The monoisotopic (exact) mass is 284 g/mol. The molecule has 2 heterocycles. The van der Waals surface area contributed by atoms with E-state index in [1.54, 1.807) is 23.3 Å². The largest absolute Gasteiger partial charge is 0.273 e. The van der Waals surface area contributed by atoms with E-state index in [4.69, 9.17) is 0 Å². The molecular formula is C16H16N2OS. The van der Waals surface area contributed by atoms with Crippen LogP contribution in [-0.4, -0.2) is 16.6 Å². The summed E-state index contributed by atoms with van der Waals surface area (Å²) in [5.41, 5.74) is 3.35. The fourth-order valence-corrected chi connectivity index (χ4v) is 3.25. The molecule has 0 N–H and O–H groups in total. The van der Waals surface area contributed by atoms with E-state index in [0.29, 0.717) is 0 Å². The summed E-state index contributed by atoms with van der Waals surface area (Å²) in [5.74, 6) is -0.0111. The molecule has 3 nitrogen and oxygen atoms in total. The average molecular weight is 284 g/mol. The zero-order valence-corrected chi connectivity index (χ0v) is 12.4. The highest BCUT2D eigenvalue weighted by atomic mass is 32.1. The van der Waals surface area contributed by atoms with Gasteiger partial charge in [0.05, 0.1) is 16.6 Å². The molecule has 0 spiro atoms. The van der Waals surface area contributed by atoms with Gasteiger partial charge < -0.3 is 0 Å². The maximum atomic E-state index is 11.9. The molecule has 0 saturated carbocycles. The number of hydrazone groups is 1. The Labute approximate surface area is 122 Å². The van der Waals surface area contributed by atoms with Gasteiger partial charge in [0.15, 0.2) is 0 Å². The van der Waals surface area contributed by atoms with Gasteiger partial charge in [-0.3, -0.25) is 4.79 Å². The van der Waals surface area contributed by atoms with E-state index >= 15 is 0 Å². The molecule has 1 aliphatic rings. The van der Waals surface area contributed by atoms with Crippen molar-refractivity contribution in [1.82, 2.24) is 5.01 Å². The molecule has 20 heavy (non-hydrogen) atoms. The highest BCUT2D eigenvalue weighted by Gasteiger charge is 2.31. The summed E-state index contributed by atoms with van der Waals surface area (Å²) >= 11 is 1.67. The number of thiophene rings is 1. The van der Waals surface area contributed by atoms with Crippen molar-refractivity contribution in [1.29, 1.82) is 0 Å². The van der Waals surface area contributed by atoms with Gasteiger partial charge in [-0.15, -0.1) is 11.3 Å². The lowest BCUT2D eigenvalue weighted by Crippen LogP contribution is -2.24. The first-order valence-corrected chi connectivity index (χ1v) is 7.51. The molecule has 1 aromatic carbocycles. The molecule has 102 valence electrons. The SMILES string of the molecule is CC(=O)N1N=C(c2cccs2)CC1c1cccc(C)c1. The van der Waals surface area contributed by atoms with Gasteiger partial charge in [-0.05, 0) is 23.9 Å². The van der Waals surface area contributed by atoms with Gasteiger partial charge in [-0.1, -0.05) is 35.9 Å². The summed E-state index contributed by atoms with van der Waals surface area (Å²) in [5, 5.41) is 8.18. The molecule has 3 rings (SSSR count). The number of rotatable bonds is 2. The van der Waals surface area contributed by atoms with Crippen LogP contribution in [0.1, 0.15) is 35.4 Å². The summed E-state index contributed by atoms with van der Waals surface area (Å²) in [6, 6.07) is 12.4. The lowest BCUT2D eigenvalue weighted by atomic mass is 9.99. The third-order valence-corrected chi connectivity index (χ3v) is 4.38. The van der Waals surface area contributed by atoms with Crippen molar-refractivity contribution in [3.8, 4) is 0 Å². The minimum atomic E-state index is -0.0111. The molecule has 0 bridgehead atoms. The first-order chi connectivity index (χ1) is 9.65. The van der Waals surface area contributed by atoms with Crippen molar-refractivity contribution in [2.75, 3.05) is 0 Å². The van der Waals surface area contributed by atoms with Crippen molar-refractivity contribution >= 4 is 23.0 Å². The van der Waals surface area contributed by atoms with Crippen molar-refractivity contribution in [3.63, 3.8) is 0 Å². The normalized spacial score (nSPS) is 18.2.